The minimum Gasteiger partial charge on any atom is -0.0885 e. The van der Waals surface area contributed by atoms with Crippen LogP contribution >= 0.6 is 0 Å². The van der Waals surface area contributed by atoms with Crippen molar-refractivity contribution in [2.45, 2.75) is 53.9 Å². The van der Waals surface area contributed by atoms with Gasteiger partial charge in [-0.05, 0) is 37.0 Å². The van der Waals surface area contributed by atoms with Gasteiger partial charge in [0.05, 0.1) is 0 Å². The normalized spacial score (nSPS) is 16.8. The van der Waals surface area contributed by atoms with Gasteiger partial charge >= 0.3 is 0 Å². The number of rotatable bonds is 6. The molecule has 0 aromatic rings. The highest BCUT2D eigenvalue weighted by atomic mass is 14.1. The van der Waals surface area contributed by atoms with Gasteiger partial charge in [-0.3, -0.25) is 0 Å². The van der Waals surface area contributed by atoms with Crippen molar-refractivity contribution in [1.82, 2.24) is 0 Å². The van der Waals surface area contributed by atoms with E-state index in [2.05, 4.69) is 46.8 Å². The second-order valence-corrected chi connectivity index (χ2v) is 4.78. The Morgan fingerprint density at radius 1 is 1.00 bits per heavy atom. The van der Waals surface area contributed by atoms with E-state index in [0.29, 0.717) is 0 Å². The molecule has 0 saturated heterocycles. The zero-order valence-electron chi connectivity index (χ0n) is 10.0. The van der Waals surface area contributed by atoms with Crippen molar-refractivity contribution >= 4 is 0 Å². The molecule has 0 aromatic heterocycles. The summed E-state index contributed by atoms with van der Waals surface area (Å²) in [6, 6.07) is 0. The molecule has 0 nitrogen and oxygen atoms in total. The first-order valence-electron chi connectivity index (χ1n) is 5.72. The molecule has 0 fully saturated rings. The molecule has 0 amide bonds. The lowest BCUT2D eigenvalue weighted by Gasteiger charge is -2.16. The Morgan fingerprint density at radius 3 is 2.08 bits per heavy atom. The first-order valence-corrected chi connectivity index (χ1v) is 5.72. The maximum absolute atomic E-state index is 2.37. The summed E-state index contributed by atoms with van der Waals surface area (Å²) < 4.78 is 0. The van der Waals surface area contributed by atoms with Crippen molar-refractivity contribution in [2.24, 2.45) is 17.8 Å². The van der Waals surface area contributed by atoms with Crippen LogP contribution in [-0.2, 0) is 0 Å². The maximum Gasteiger partial charge on any atom is -0.0259 e. The monoisotopic (exact) mass is 182 g/mol. The Balaban J connectivity index is 3.64. The fraction of sp³-hybridized carbons (Fsp3) is 0.846. The molecule has 0 radical (unpaired) electrons. The van der Waals surface area contributed by atoms with E-state index in [1.807, 2.05) is 0 Å². The first-order chi connectivity index (χ1) is 6.06. The number of hydrogen-bond acceptors (Lipinski definition) is 0. The van der Waals surface area contributed by atoms with Crippen LogP contribution in [0.2, 0.25) is 0 Å². The van der Waals surface area contributed by atoms with E-state index < -0.39 is 0 Å². The van der Waals surface area contributed by atoms with Crippen molar-refractivity contribution in [1.29, 1.82) is 0 Å². The molecule has 0 rings (SSSR count). The number of allylic oxidation sites excluding steroid dienone is 2. The summed E-state index contributed by atoms with van der Waals surface area (Å²) in [4.78, 5) is 0. The van der Waals surface area contributed by atoms with Gasteiger partial charge in [-0.2, -0.15) is 0 Å². The molecule has 78 valence electrons. The third-order valence-electron chi connectivity index (χ3n) is 2.35. The lowest BCUT2D eigenvalue weighted by Crippen LogP contribution is -2.04. The first kappa shape index (κ1) is 12.7. The molecule has 0 heteroatoms. The standard InChI is InChI=1S/C13H26/c1-6-7-8-12(4)10-13(5)9-11(2)3/h7-8,11-13H,6,9-10H2,1-5H3/t12-,13+/m1/s1. The minimum absolute atomic E-state index is 0.758. The zero-order chi connectivity index (χ0) is 10.3. The molecule has 0 aromatic carbocycles. The SMILES string of the molecule is CCC=C[C@@H](C)C[C@@H](C)CC(C)C. The van der Waals surface area contributed by atoms with Gasteiger partial charge in [-0.25, -0.2) is 0 Å². The fourth-order valence-corrected chi connectivity index (χ4v) is 1.98. The van der Waals surface area contributed by atoms with Gasteiger partial charge in [0.15, 0.2) is 0 Å². The lowest BCUT2D eigenvalue weighted by atomic mass is 9.90. The van der Waals surface area contributed by atoms with Crippen LogP contribution in [0.4, 0.5) is 0 Å². The van der Waals surface area contributed by atoms with Crippen molar-refractivity contribution in [3.63, 3.8) is 0 Å². The lowest BCUT2D eigenvalue weighted by molar-refractivity contribution is 0.383. The predicted molar refractivity (Wildman–Crippen MR) is 61.8 cm³/mol. The maximum atomic E-state index is 2.37. The zero-order valence-corrected chi connectivity index (χ0v) is 10.0. The van der Waals surface area contributed by atoms with E-state index in [1.165, 1.54) is 19.3 Å². The van der Waals surface area contributed by atoms with Gasteiger partial charge in [0, 0.05) is 0 Å². The molecule has 0 heterocycles. The van der Waals surface area contributed by atoms with E-state index in [9.17, 15) is 0 Å². The van der Waals surface area contributed by atoms with Gasteiger partial charge in [-0.15, -0.1) is 0 Å². The quantitative estimate of drug-likeness (QED) is 0.524. The highest BCUT2D eigenvalue weighted by Crippen LogP contribution is 2.20. The summed E-state index contributed by atoms with van der Waals surface area (Å²) in [6.45, 7) is 11.5. The van der Waals surface area contributed by atoms with Crippen LogP contribution in [0, 0.1) is 17.8 Å². The van der Waals surface area contributed by atoms with E-state index in [0.717, 1.165) is 17.8 Å². The summed E-state index contributed by atoms with van der Waals surface area (Å²) in [7, 11) is 0. The minimum atomic E-state index is 0.758. The molecule has 0 aliphatic carbocycles. The third-order valence-corrected chi connectivity index (χ3v) is 2.35. The molecule has 0 aliphatic heterocycles. The van der Waals surface area contributed by atoms with E-state index in [-0.39, 0.29) is 0 Å². The van der Waals surface area contributed by atoms with Gasteiger partial charge in [0.1, 0.15) is 0 Å². The van der Waals surface area contributed by atoms with Crippen LogP contribution in [0.3, 0.4) is 0 Å². The molecule has 0 unspecified atom stereocenters. The third kappa shape index (κ3) is 8.08. The average molecular weight is 182 g/mol. The predicted octanol–water partition coefficient (Wildman–Crippen LogP) is 4.66. The molecule has 0 spiro atoms. The van der Waals surface area contributed by atoms with Crippen molar-refractivity contribution in [2.75, 3.05) is 0 Å². The van der Waals surface area contributed by atoms with Crippen LogP contribution in [0.15, 0.2) is 12.2 Å². The fourth-order valence-electron chi connectivity index (χ4n) is 1.98. The van der Waals surface area contributed by atoms with Crippen molar-refractivity contribution in [3.8, 4) is 0 Å². The topological polar surface area (TPSA) is 0 Å². The van der Waals surface area contributed by atoms with Gasteiger partial charge < -0.3 is 0 Å². The summed E-state index contributed by atoms with van der Waals surface area (Å²) in [5, 5.41) is 0. The van der Waals surface area contributed by atoms with Crippen LogP contribution in [0.25, 0.3) is 0 Å². The molecule has 13 heavy (non-hydrogen) atoms. The van der Waals surface area contributed by atoms with E-state index in [1.54, 1.807) is 0 Å². The van der Waals surface area contributed by atoms with Crippen molar-refractivity contribution < 1.29 is 0 Å². The summed E-state index contributed by atoms with van der Waals surface area (Å²) in [5.41, 5.74) is 0. The van der Waals surface area contributed by atoms with E-state index in [4.69, 9.17) is 0 Å². The number of hydrogen-bond donors (Lipinski definition) is 0. The van der Waals surface area contributed by atoms with E-state index >= 15 is 0 Å². The summed E-state index contributed by atoms with van der Waals surface area (Å²) in [5.74, 6) is 2.47. The Morgan fingerprint density at radius 2 is 1.62 bits per heavy atom. The highest BCUT2D eigenvalue weighted by Gasteiger charge is 2.07. The Hall–Kier alpha value is -0.260. The molecule has 2 atom stereocenters. The van der Waals surface area contributed by atoms with Gasteiger partial charge in [0.25, 0.3) is 0 Å². The summed E-state index contributed by atoms with van der Waals surface area (Å²) in [6.07, 6.45) is 8.52. The Labute approximate surface area is 84.4 Å². The molecule has 0 bridgehead atoms. The largest absolute Gasteiger partial charge is 0.0885 e. The molecule has 0 saturated carbocycles. The highest BCUT2D eigenvalue weighted by molar-refractivity contribution is 4.86. The molecular weight excluding hydrogens is 156 g/mol. The Kier molecular flexibility index (Phi) is 7.03. The molecular formula is C13H26. The second-order valence-electron chi connectivity index (χ2n) is 4.78. The van der Waals surface area contributed by atoms with Crippen LogP contribution in [-0.4, -0.2) is 0 Å². The second kappa shape index (κ2) is 7.17. The summed E-state index contributed by atoms with van der Waals surface area (Å²) >= 11 is 0. The van der Waals surface area contributed by atoms with Crippen LogP contribution < -0.4 is 0 Å². The Bertz CT molecular complexity index is 133. The van der Waals surface area contributed by atoms with Gasteiger partial charge in [0.2, 0.25) is 0 Å². The van der Waals surface area contributed by atoms with Gasteiger partial charge in [-0.1, -0.05) is 46.8 Å². The average Bonchev–Trinajstić information content (AvgIpc) is 1.98. The smallest absolute Gasteiger partial charge is 0.0259 e. The van der Waals surface area contributed by atoms with Crippen molar-refractivity contribution in [3.05, 3.63) is 12.2 Å². The van der Waals surface area contributed by atoms with Crippen LogP contribution in [0.5, 0.6) is 0 Å². The molecule has 0 aliphatic rings. The van der Waals surface area contributed by atoms with Crippen LogP contribution in [0.1, 0.15) is 53.9 Å². The molecule has 0 N–H and O–H groups in total.